The maximum absolute atomic E-state index is 9.99. The van der Waals surface area contributed by atoms with E-state index in [0.717, 1.165) is 38.5 Å². The highest BCUT2D eigenvalue weighted by Crippen LogP contribution is 2.11. The van der Waals surface area contributed by atoms with Gasteiger partial charge in [0.15, 0.2) is 0 Å². The van der Waals surface area contributed by atoms with E-state index in [1.807, 2.05) is 18.3 Å². The Labute approximate surface area is 121 Å². The zero-order valence-corrected chi connectivity index (χ0v) is 11.9. The summed E-state index contributed by atoms with van der Waals surface area (Å²) < 4.78 is 0. The molecule has 0 bridgehead atoms. The molecule has 1 aromatic carbocycles. The first-order valence-corrected chi connectivity index (χ1v) is 7.45. The molecule has 0 spiro atoms. The van der Waals surface area contributed by atoms with Crippen LogP contribution in [0.15, 0.2) is 54.9 Å². The number of hydrogen-bond donors (Lipinski definition) is 1. The summed E-state index contributed by atoms with van der Waals surface area (Å²) in [5.74, 6) is 0. The van der Waals surface area contributed by atoms with Gasteiger partial charge in [-0.2, -0.15) is 0 Å². The molecule has 0 fully saturated rings. The number of pyridine rings is 1. The molecule has 20 heavy (non-hydrogen) atoms. The molecule has 1 unspecified atom stereocenters. The van der Waals surface area contributed by atoms with Crippen LogP contribution in [0.25, 0.3) is 0 Å². The van der Waals surface area contributed by atoms with Crippen LogP contribution >= 0.6 is 0 Å². The van der Waals surface area contributed by atoms with E-state index in [-0.39, 0.29) is 6.10 Å². The number of aromatic nitrogens is 1. The summed E-state index contributed by atoms with van der Waals surface area (Å²) in [5, 5.41) is 9.99. The number of nitrogens with zero attached hydrogens (tertiary/aromatic N) is 1. The number of hydrogen-bond acceptors (Lipinski definition) is 2. The Morgan fingerprint density at radius 2 is 1.50 bits per heavy atom. The van der Waals surface area contributed by atoms with Crippen LogP contribution in [0.3, 0.4) is 0 Å². The SMILES string of the molecule is OC(CCCc1ccccc1)CCCc1cccnc1. The van der Waals surface area contributed by atoms with Gasteiger partial charge in [-0.25, -0.2) is 0 Å². The molecule has 0 saturated heterocycles. The second kappa shape index (κ2) is 8.49. The van der Waals surface area contributed by atoms with Crippen LogP contribution < -0.4 is 0 Å². The van der Waals surface area contributed by atoms with E-state index in [0.29, 0.717) is 0 Å². The summed E-state index contributed by atoms with van der Waals surface area (Å²) in [6.07, 6.45) is 9.44. The van der Waals surface area contributed by atoms with Crippen molar-refractivity contribution in [2.24, 2.45) is 0 Å². The van der Waals surface area contributed by atoms with Gasteiger partial charge in [-0.1, -0.05) is 36.4 Å². The highest BCUT2D eigenvalue weighted by molar-refractivity contribution is 5.14. The molecule has 0 aliphatic rings. The van der Waals surface area contributed by atoms with Gasteiger partial charge in [-0.15, -0.1) is 0 Å². The molecular formula is C18H23NO. The molecule has 0 saturated carbocycles. The number of aliphatic hydroxyl groups is 1. The zero-order chi connectivity index (χ0) is 14.0. The molecule has 0 radical (unpaired) electrons. The van der Waals surface area contributed by atoms with Gasteiger partial charge < -0.3 is 5.11 Å². The van der Waals surface area contributed by atoms with Gasteiger partial charge in [0, 0.05) is 12.4 Å². The van der Waals surface area contributed by atoms with Crippen LogP contribution in [0.4, 0.5) is 0 Å². The lowest BCUT2D eigenvalue weighted by molar-refractivity contribution is 0.149. The lowest BCUT2D eigenvalue weighted by atomic mass is 10.0. The van der Waals surface area contributed by atoms with Gasteiger partial charge in [-0.3, -0.25) is 4.98 Å². The molecule has 1 N–H and O–H groups in total. The van der Waals surface area contributed by atoms with E-state index >= 15 is 0 Å². The Morgan fingerprint density at radius 3 is 2.15 bits per heavy atom. The Kier molecular flexibility index (Phi) is 6.25. The predicted octanol–water partition coefficient (Wildman–Crippen LogP) is 3.79. The monoisotopic (exact) mass is 269 g/mol. The summed E-state index contributed by atoms with van der Waals surface area (Å²) in [7, 11) is 0. The smallest absolute Gasteiger partial charge is 0.0540 e. The van der Waals surface area contributed by atoms with Crippen molar-refractivity contribution in [2.75, 3.05) is 0 Å². The van der Waals surface area contributed by atoms with Crippen molar-refractivity contribution in [3.8, 4) is 0 Å². The summed E-state index contributed by atoms with van der Waals surface area (Å²) >= 11 is 0. The highest BCUT2D eigenvalue weighted by atomic mass is 16.3. The largest absolute Gasteiger partial charge is 0.393 e. The van der Waals surface area contributed by atoms with Crippen LogP contribution in [0.5, 0.6) is 0 Å². The fraction of sp³-hybridized carbons (Fsp3) is 0.389. The molecule has 106 valence electrons. The van der Waals surface area contributed by atoms with Crippen molar-refractivity contribution in [2.45, 2.75) is 44.6 Å². The lowest BCUT2D eigenvalue weighted by Gasteiger charge is -2.10. The number of rotatable bonds is 8. The summed E-state index contributed by atoms with van der Waals surface area (Å²) in [5.41, 5.74) is 2.61. The van der Waals surface area contributed by atoms with Crippen LogP contribution in [0.1, 0.15) is 36.8 Å². The molecular weight excluding hydrogens is 246 g/mol. The Balaban J connectivity index is 1.58. The van der Waals surface area contributed by atoms with E-state index in [1.54, 1.807) is 6.20 Å². The van der Waals surface area contributed by atoms with Gasteiger partial charge in [0.25, 0.3) is 0 Å². The van der Waals surface area contributed by atoms with Crippen LogP contribution in [0.2, 0.25) is 0 Å². The third-order valence-electron chi connectivity index (χ3n) is 3.57. The van der Waals surface area contributed by atoms with Crippen molar-refractivity contribution in [1.82, 2.24) is 4.98 Å². The maximum Gasteiger partial charge on any atom is 0.0540 e. The van der Waals surface area contributed by atoms with Gasteiger partial charge in [0.1, 0.15) is 0 Å². The van der Waals surface area contributed by atoms with E-state index in [1.165, 1.54) is 11.1 Å². The fourth-order valence-corrected chi connectivity index (χ4v) is 2.42. The molecule has 2 nitrogen and oxygen atoms in total. The number of benzene rings is 1. The lowest BCUT2D eigenvalue weighted by Crippen LogP contribution is -2.07. The Bertz CT molecular complexity index is 424. The topological polar surface area (TPSA) is 33.1 Å². The van der Waals surface area contributed by atoms with Crippen molar-refractivity contribution in [3.05, 3.63) is 66.0 Å². The van der Waals surface area contributed by atoms with E-state index in [2.05, 4.69) is 35.3 Å². The highest BCUT2D eigenvalue weighted by Gasteiger charge is 2.04. The van der Waals surface area contributed by atoms with Crippen molar-refractivity contribution >= 4 is 0 Å². The summed E-state index contributed by atoms with van der Waals surface area (Å²) in [6, 6.07) is 14.5. The third-order valence-corrected chi connectivity index (χ3v) is 3.57. The average Bonchev–Trinajstić information content (AvgIpc) is 2.49. The Morgan fingerprint density at radius 1 is 0.850 bits per heavy atom. The molecule has 0 aliphatic carbocycles. The zero-order valence-electron chi connectivity index (χ0n) is 11.9. The maximum atomic E-state index is 9.99. The molecule has 2 rings (SSSR count). The average molecular weight is 269 g/mol. The first-order valence-electron chi connectivity index (χ1n) is 7.45. The number of aliphatic hydroxyl groups excluding tert-OH is 1. The molecule has 0 amide bonds. The third kappa shape index (κ3) is 5.54. The molecule has 2 aromatic rings. The summed E-state index contributed by atoms with van der Waals surface area (Å²) in [4.78, 5) is 4.10. The van der Waals surface area contributed by atoms with Crippen molar-refractivity contribution in [1.29, 1.82) is 0 Å². The molecule has 1 heterocycles. The van der Waals surface area contributed by atoms with E-state index in [9.17, 15) is 5.11 Å². The molecule has 0 aliphatic heterocycles. The first kappa shape index (κ1) is 14.7. The fourth-order valence-electron chi connectivity index (χ4n) is 2.42. The van der Waals surface area contributed by atoms with Crippen LogP contribution in [-0.4, -0.2) is 16.2 Å². The molecule has 1 aromatic heterocycles. The van der Waals surface area contributed by atoms with E-state index < -0.39 is 0 Å². The molecule has 2 heteroatoms. The number of aryl methyl sites for hydroxylation is 2. The second-order valence-corrected chi connectivity index (χ2v) is 5.29. The summed E-state index contributed by atoms with van der Waals surface area (Å²) in [6.45, 7) is 0. The van der Waals surface area contributed by atoms with Gasteiger partial charge in [0.2, 0.25) is 0 Å². The minimum atomic E-state index is -0.171. The minimum absolute atomic E-state index is 0.171. The van der Waals surface area contributed by atoms with Crippen molar-refractivity contribution < 1.29 is 5.11 Å². The Hall–Kier alpha value is -1.67. The quantitative estimate of drug-likeness (QED) is 0.791. The standard InChI is InChI=1S/C18H23NO/c20-18(12-4-9-16-7-2-1-3-8-16)13-5-10-17-11-6-14-19-15-17/h1-3,6-8,11,14-15,18,20H,4-5,9-10,12-13H2. The van der Waals surface area contributed by atoms with Gasteiger partial charge in [0.05, 0.1) is 6.10 Å². The first-order chi connectivity index (χ1) is 9.84. The predicted molar refractivity (Wildman–Crippen MR) is 82.6 cm³/mol. The van der Waals surface area contributed by atoms with Crippen LogP contribution in [0, 0.1) is 0 Å². The van der Waals surface area contributed by atoms with E-state index in [4.69, 9.17) is 0 Å². The second-order valence-electron chi connectivity index (χ2n) is 5.29. The normalized spacial score (nSPS) is 12.2. The molecule has 1 atom stereocenters. The van der Waals surface area contributed by atoms with Gasteiger partial charge >= 0.3 is 0 Å². The van der Waals surface area contributed by atoms with Crippen molar-refractivity contribution in [3.63, 3.8) is 0 Å². The van der Waals surface area contributed by atoms with Gasteiger partial charge in [-0.05, 0) is 55.7 Å². The van der Waals surface area contributed by atoms with Crippen LogP contribution in [-0.2, 0) is 12.8 Å². The minimum Gasteiger partial charge on any atom is -0.393 e.